The third-order valence-electron chi connectivity index (χ3n) is 2.96. The molecular formula is C12H14F2. The lowest BCUT2D eigenvalue weighted by atomic mass is 10.0. The van der Waals surface area contributed by atoms with Gasteiger partial charge in [-0.15, -0.1) is 0 Å². The van der Waals surface area contributed by atoms with Crippen molar-refractivity contribution >= 4 is 0 Å². The standard InChI is InChI=1S/C12H14F2/c1-2-3-8-4-9-6-11(13)12(14)7-10(9)5-8/h6-8H,2-5H2,1H3. The van der Waals surface area contributed by atoms with Crippen molar-refractivity contribution in [2.24, 2.45) is 5.92 Å². The number of benzene rings is 1. The molecule has 0 radical (unpaired) electrons. The molecule has 0 nitrogen and oxygen atoms in total. The first kappa shape index (κ1) is 9.63. The molecule has 1 aromatic carbocycles. The fourth-order valence-corrected chi connectivity index (χ4v) is 2.32. The van der Waals surface area contributed by atoms with E-state index in [2.05, 4.69) is 6.92 Å². The zero-order chi connectivity index (χ0) is 10.1. The smallest absolute Gasteiger partial charge is 0.159 e. The molecule has 1 aliphatic rings. The van der Waals surface area contributed by atoms with Crippen LogP contribution in [0.3, 0.4) is 0 Å². The van der Waals surface area contributed by atoms with Crippen molar-refractivity contribution in [1.29, 1.82) is 0 Å². The number of halogens is 2. The summed E-state index contributed by atoms with van der Waals surface area (Å²) in [7, 11) is 0. The Morgan fingerprint density at radius 2 is 1.64 bits per heavy atom. The van der Waals surface area contributed by atoms with E-state index < -0.39 is 11.6 Å². The Balaban J connectivity index is 2.23. The Labute approximate surface area is 82.9 Å². The Morgan fingerprint density at radius 1 is 1.14 bits per heavy atom. The highest BCUT2D eigenvalue weighted by Crippen LogP contribution is 2.30. The summed E-state index contributed by atoms with van der Waals surface area (Å²) in [5.74, 6) is -0.821. The van der Waals surface area contributed by atoms with Crippen LogP contribution in [0.2, 0.25) is 0 Å². The zero-order valence-corrected chi connectivity index (χ0v) is 8.32. The van der Waals surface area contributed by atoms with E-state index in [1.807, 2.05) is 0 Å². The molecule has 0 bridgehead atoms. The van der Waals surface area contributed by atoms with Crippen LogP contribution >= 0.6 is 0 Å². The summed E-state index contributed by atoms with van der Waals surface area (Å²) >= 11 is 0. The third-order valence-corrected chi connectivity index (χ3v) is 2.96. The lowest BCUT2D eigenvalue weighted by molar-refractivity contribution is 0.506. The molecule has 0 unspecified atom stereocenters. The van der Waals surface area contributed by atoms with Crippen LogP contribution in [-0.2, 0) is 12.8 Å². The molecule has 1 aliphatic carbocycles. The van der Waals surface area contributed by atoms with Gasteiger partial charge < -0.3 is 0 Å². The van der Waals surface area contributed by atoms with Gasteiger partial charge in [0.2, 0.25) is 0 Å². The summed E-state index contributed by atoms with van der Waals surface area (Å²) in [4.78, 5) is 0. The summed E-state index contributed by atoms with van der Waals surface area (Å²) in [6, 6.07) is 2.72. The van der Waals surface area contributed by atoms with Crippen LogP contribution in [0.15, 0.2) is 12.1 Å². The molecule has 0 aromatic heterocycles. The summed E-state index contributed by atoms with van der Waals surface area (Å²) < 4.78 is 25.8. The molecule has 0 saturated carbocycles. The lowest BCUT2D eigenvalue weighted by Gasteiger charge is -2.04. The minimum Gasteiger partial charge on any atom is -0.204 e. The fourth-order valence-electron chi connectivity index (χ4n) is 2.32. The van der Waals surface area contributed by atoms with E-state index in [9.17, 15) is 8.78 Å². The second-order valence-electron chi connectivity index (χ2n) is 4.10. The topological polar surface area (TPSA) is 0 Å². The largest absolute Gasteiger partial charge is 0.204 e. The highest BCUT2D eigenvalue weighted by atomic mass is 19.2. The van der Waals surface area contributed by atoms with Crippen molar-refractivity contribution < 1.29 is 8.78 Å². The number of hydrogen-bond donors (Lipinski definition) is 0. The monoisotopic (exact) mass is 196 g/mol. The first-order valence-corrected chi connectivity index (χ1v) is 5.17. The number of rotatable bonds is 2. The van der Waals surface area contributed by atoms with Crippen molar-refractivity contribution in [2.45, 2.75) is 32.6 Å². The molecule has 0 aliphatic heterocycles. The zero-order valence-electron chi connectivity index (χ0n) is 8.32. The molecule has 0 heterocycles. The second-order valence-corrected chi connectivity index (χ2v) is 4.10. The number of fused-ring (bicyclic) bond motifs is 1. The normalized spacial score (nSPS) is 15.9. The van der Waals surface area contributed by atoms with Gasteiger partial charge in [0.05, 0.1) is 0 Å². The summed E-state index contributed by atoms with van der Waals surface area (Å²) in [5.41, 5.74) is 2.00. The first-order chi connectivity index (χ1) is 6.70. The van der Waals surface area contributed by atoms with Gasteiger partial charge in [-0.1, -0.05) is 19.8 Å². The van der Waals surface area contributed by atoms with Crippen molar-refractivity contribution in [3.63, 3.8) is 0 Å². The molecule has 1 aromatic rings. The van der Waals surface area contributed by atoms with Gasteiger partial charge in [0.15, 0.2) is 11.6 Å². The Morgan fingerprint density at radius 3 is 2.07 bits per heavy atom. The SMILES string of the molecule is CCCC1Cc2cc(F)c(F)cc2C1. The van der Waals surface area contributed by atoms with E-state index in [4.69, 9.17) is 0 Å². The molecule has 0 fully saturated rings. The van der Waals surface area contributed by atoms with Crippen molar-refractivity contribution in [1.82, 2.24) is 0 Å². The van der Waals surface area contributed by atoms with E-state index in [1.54, 1.807) is 0 Å². The summed E-state index contributed by atoms with van der Waals surface area (Å²) in [6.45, 7) is 2.14. The Bertz CT molecular complexity index is 313. The molecule has 0 N–H and O–H groups in total. The van der Waals surface area contributed by atoms with Crippen molar-refractivity contribution in [2.75, 3.05) is 0 Å². The maximum absolute atomic E-state index is 12.9. The molecular weight excluding hydrogens is 182 g/mol. The predicted molar refractivity (Wildman–Crippen MR) is 52.2 cm³/mol. The maximum atomic E-state index is 12.9. The van der Waals surface area contributed by atoms with E-state index >= 15 is 0 Å². The van der Waals surface area contributed by atoms with E-state index in [0.717, 1.165) is 36.8 Å². The molecule has 0 amide bonds. The van der Waals surface area contributed by atoms with E-state index in [1.165, 1.54) is 12.1 Å². The van der Waals surface area contributed by atoms with Gasteiger partial charge in [-0.05, 0) is 42.0 Å². The quantitative estimate of drug-likeness (QED) is 0.679. The molecule has 14 heavy (non-hydrogen) atoms. The lowest BCUT2D eigenvalue weighted by Crippen LogP contribution is -1.97. The maximum Gasteiger partial charge on any atom is 0.159 e. The first-order valence-electron chi connectivity index (χ1n) is 5.17. The van der Waals surface area contributed by atoms with Crippen molar-refractivity contribution in [3.05, 3.63) is 34.9 Å². The van der Waals surface area contributed by atoms with Crippen LogP contribution in [0.4, 0.5) is 8.78 Å². The average molecular weight is 196 g/mol. The van der Waals surface area contributed by atoms with Crippen LogP contribution in [0, 0.1) is 17.6 Å². The van der Waals surface area contributed by atoms with Gasteiger partial charge in [-0.25, -0.2) is 8.78 Å². The molecule has 2 rings (SSSR count). The van der Waals surface area contributed by atoms with Crippen LogP contribution in [-0.4, -0.2) is 0 Å². The van der Waals surface area contributed by atoms with Gasteiger partial charge in [0.25, 0.3) is 0 Å². The molecule has 76 valence electrons. The predicted octanol–water partition coefficient (Wildman–Crippen LogP) is 3.48. The average Bonchev–Trinajstić information content (AvgIpc) is 2.48. The van der Waals surface area contributed by atoms with Crippen LogP contribution < -0.4 is 0 Å². The minimum absolute atomic E-state index is 0.594. The summed E-state index contributed by atoms with van der Waals surface area (Å²) in [6.07, 6.45) is 4.13. The highest BCUT2D eigenvalue weighted by Gasteiger charge is 2.22. The van der Waals surface area contributed by atoms with Gasteiger partial charge in [-0.3, -0.25) is 0 Å². The van der Waals surface area contributed by atoms with Gasteiger partial charge in [0.1, 0.15) is 0 Å². The number of hydrogen-bond acceptors (Lipinski definition) is 0. The van der Waals surface area contributed by atoms with Gasteiger partial charge >= 0.3 is 0 Å². The van der Waals surface area contributed by atoms with E-state index in [0.29, 0.717) is 5.92 Å². The minimum atomic E-state index is -0.708. The molecule has 0 spiro atoms. The van der Waals surface area contributed by atoms with Crippen LogP contribution in [0.5, 0.6) is 0 Å². The van der Waals surface area contributed by atoms with E-state index in [-0.39, 0.29) is 0 Å². The Kier molecular flexibility index (Phi) is 2.53. The van der Waals surface area contributed by atoms with Crippen molar-refractivity contribution in [3.8, 4) is 0 Å². The fraction of sp³-hybridized carbons (Fsp3) is 0.500. The molecule has 0 atom stereocenters. The molecule has 2 heteroatoms. The second kappa shape index (κ2) is 3.68. The summed E-state index contributed by atoms with van der Waals surface area (Å²) in [5, 5.41) is 0. The van der Waals surface area contributed by atoms with Crippen LogP contribution in [0.25, 0.3) is 0 Å². The van der Waals surface area contributed by atoms with Crippen LogP contribution in [0.1, 0.15) is 30.9 Å². The highest BCUT2D eigenvalue weighted by molar-refractivity contribution is 5.33. The van der Waals surface area contributed by atoms with Gasteiger partial charge in [0, 0.05) is 0 Å². The third kappa shape index (κ3) is 1.66. The Hall–Kier alpha value is -0.920. The van der Waals surface area contributed by atoms with Gasteiger partial charge in [-0.2, -0.15) is 0 Å². The molecule has 0 saturated heterocycles.